The van der Waals surface area contributed by atoms with Crippen molar-refractivity contribution in [2.24, 2.45) is 5.92 Å². The van der Waals surface area contributed by atoms with Gasteiger partial charge in [0.1, 0.15) is 11.6 Å². The van der Waals surface area contributed by atoms with Crippen LogP contribution >= 0.6 is 31.9 Å². The normalized spacial score (nSPS) is 17.2. The zero-order valence-corrected chi connectivity index (χ0v) is 11.7. The molecule has 1 aromatic rings. The lowest BCUT2D eigenvalue weighted by Gasteiger charge is -2.09. The highest BCUT2D eigenvalue weighted by molar-refractivity contribution is 9.10. The van der Waals surface area contributed by atoms with Gasteiger partial charge in [-0.15, -0.1) is 0 Å². The van der Waals surface area contributed by atoms with E-state index in [2.05, 4.69) is 31.9 Å². The number of carbonyl (C=O) groups is 1. The van der Waals surface area contributed by atoms with Gasteiger partial charge >= 0.3 is 0 Å². The molecule has 1 aliphatic carbocycles. The molecule has 0 heterocycles. The Morgan fingerprint density at radius 1 is 1.50 bits per heavy atom. The number of alkyl halides is 1. The lowest BCUT2D eigenvalue weighted by atomic mass is 10.1. The van der Waals surface area contributed by atoms with E-state index < -0.39 is 0 Å². The van der Waals surface area contributed by atoms with Crippen molar-refractivity contribution >= 4 is 37.6 Å². The molecule has 4 heteroatoms. The Bertz CT molecular complexity index is 415. The van der Waals surface area contributed by atoms with Crippen LogP contribution in [0.3, 0.4) is 0 Å². The van der Waals surface area contributed by atoms with Crippen LogP contribution in [0, 0.1) is 11.7 Å². The first-order valence-electron chi connectivity index (χ1n) is 5.19. The van der Waals surface area contributed by atoms with Gasteiger partial charge in [0.05, 0.1) is 4.83 Å². The summed E-state index contributed by atoms with van der Waals surface area (Å²) >= 11 is 6.71. The Labute approximate surface area is 111 Å². The van der Waals surface area contributed by atoms with Crippen LogP contribution in [-0.4, -0.2) is 10.6 Å². The zero-order chi connectivity index (χ0) is 11.7. The Balaban J connectivity index is 2.05. The SMILES string of the molecule is O=C(C(Br)Cc1ccc(F)cc1Br)C1CC1. The minimum Gasteiger partial charge on any atom is -0.298 e. The van der Waals surface area contributed by atoms with E-state index in [1.54, 1.807) is 6.07 Å². The molecule has 0 N–H and O–H groups in total. The quantitative estimate of drug-likeness (QED) is 0.754. The Kier molecular flexibility index (Phi) is 3.80. The smallest absolute Gasteiger partial charge is 0.149 e. The van der Waals surface area contributed by atoms with E-state index >= 15 is 0 Å². The summed E-state index contributed by atoms with van der Waals surface area (Å²) in [6, 6.07) is 4.56. The number of Topliss-reactive ketones (excluding diaryl/α,β-unsaturated/α-hetero) is 1. The lowest BCUT2D eigenvalue weighted by molar-refractivity contribution is -0.119. The Morgan fingerprint density at radius 2 is 2.19 bits per heavy atom. The van der Waals surface area contributed by atoms with Gasteiger partial charge in [-0.3, -0.25) is 4.79 Å². The summed E-state index contributed by atoms with van der Waals surface area (Å²) in [4.78, 5) is 11.6. The van der Waals surface area contributed by atoms with Gasteiger partial charge in [-0.05, 0) is 37.0 Å². The largest absolute Gasteiger partial charge is 0.298 e. The molecule has 0 amide bonds. The van der Waals surface area contributed by atoms with Gasteiger partial charge in [-0.1, -0.05) is 37.9 Å². The van der Waals surface area contributed by atoms with E-state index in [0.29, 0.717) is 6.42 Å². The molecule has 1 aromatic carbocycles. The topological polar surface area (TPSA) is 17.1 Å². The van der Waals surface area contributed by atoms with Crippen molar-refractivity contribution in [1.29, 1.82) is 0 Å². The summed E-state index contributed by atoms with van der Waals surface area (Å²) in [7, 11) is 0. The first-order chi connectivity index (χ1) is 7.58. The highest BCUT2D eigenvalue weighted by Crippen LogP contribution is 2.33. The molecule has 1 nitrogen and oxygen atoms in total. The minimum absolute atomic E-state index is 0.151. The van der Waals surface area contributed by atoms with E-state index in [4.69, 9.17) is 0 Å². The Morgan fingerprint density at radius 3 is 2.75 bits per heavy atom. The second kappa shape index (κ2) is 4.96. The number of hydrogen-bond donors (Lipinski definition) is 0. The average molecular weight is 350 g/mol. The summed E-state index contributed by atoms with van der Waals surface area (Å²) in [5.41, 5.74) is 0.956. The number of ketones is 1. The van der Waals surface area contributed by atoms with E-state index in [0.717, 1.165) is 22.9 Å². The lowest BCUT2D eigenvalue weighted by Crippen LogP contribution is -2.18. The van der Waals surface area contributed by atoms with Crippen molar-refractivity contribution in [2.45, 2.75) is 24.1 Å². The van der Waals surface area contributed by atoms with E-state index in [9.17, 15) is 9.18 Å². The first kappa shape index (κ1) is 12.2. The number of rotatable bonds is 4. The van der Waals surface area contributed by atoms with Crippen molar-refractivity contribution in [1.82, 2.24) is 0 Å². The molecule has 0 spiro atoms. The van der Waals surface area contributed by atoms with Crippen LogP contribution in [0.4, 0.5) is 4.39 Å². The molecule has 2 rings (SSSR count). The van der Waals surface area contributed by atoms with Gasteiger partial charge < -0.3 is 0 Å². The summed E-state index contributed by atoms with van der Waals surface area (Å²) < 4.78 is 13.6. The first-order valence-corrected chi connectivity index (χ1v) is 6.90. The number of hydrogen-bond acceptors (Lipinski definition) is 1. The van der Waals surface area contributed by atoms with E-state index in [1.165, 1.54) is 12.1 Å². The van der Waals surface area contributed by atoms with E-state index in [1.807, 2.05) is 0 Å². The molecule has 1 unspecified atom stereocenters. The molecule has 16 heavy (non-hydrogen) atoms. The summed E-state index contributed by atoms with van der Waals surface area (Å²) in [5, 5.41) is 0. The molecule has 1 saturated carbocycles. The number of benzene rings is 1. The summed E-state index contributed by atoms with van der Waals surface area (Å²) in [5.74, 6) is 0.259. The van der Waals surface area contributed by atoms with Crippen molar-refractivity contribution in [3.8, 4) is 0 Å². The van der Waals surface area contributed by atoms with Crippen LogP contribution < -0.4 is 0 Å². The van der Waals surface area contributed by atoms with Gasteiger partial charge in [0.2, 0.25) is 0 Å². The maximum Gasteiger partial charge on any atom is 0.149 e. The predicted octanol–water partition coefficient (Wildman–Crippen LogP) is 3.87. The van der Waals surface area contributed by atoms with Crippen LogP contribution in [0.1, 0.15) is 18.4 Å². The maximum atomic E-state index is 12.9. The minimum atomic E-state index is -0.268. The fourth-order valence-electron chi connectivity index (χ4n) is 1.60. The van der Waals surface area contributed by atoms with Gasteiger partial charge in [-0.25, -0.2) is 4.39 Å². The van der Waals surface area contributed by atoms with Gasteiger partial charge in [0, 0.05) is 10.4 Å². The van der Waals surface area contributed by atoms with Crippen LogP contribution in [0.5, 0.6) is 0 Å². The molecular weight excluding hydrogens is 339 g/mol. The third kappa shape index (κ3) is 2.92. The standard InChI is InChI=1S/C12H11Br2FO/c13-10-6-9(15)4-3-8(10)5-11(14)12(16)7-1-2-7/h3-4,6-7,11H,1-2,5H2. The van der Waals surface area contributed by atoms with Crippen LogP contribution in [0.25, 0.3) is 0 Å². The van der Waals surface area contributed by atoms with Crippen molar-refractivity contribution in [3.63, 3.8) is 0 Å². The van der Waals surface area contributed by atoms with Gasteiger partial charge in [-0.2, -0.15) is 0 Å². The third-order valence-electron chi connectivity index (χ3n) is 2.70. The second-order valence-electron chi connectivity index (χ2n) is 4.08. The predicted molar refractivity (Wildman–Crippen MR) is 68.3 cm³/mol. The number of carbonyl (C=O) groups excluding carboxylic acids is 1. The fraction of sp³-hybridized carbons (Fsp3) is 0.417. The highest BCUT2D eigenvalue weighted by atomic mass is 79.9. The summed E-state index contributed by atoms with van der Waals surface area (Å²) in [6.45, 7) is 0. The molecule has 86 valence electrons. The highest BCUT2D eigenvalue weighted by Gasteiger charge is 2.33. The van der Waals surface area contributed by atoms with E-state index in [-0.39, 0.29) is 22.3 Å². The molecule has 0 aliphatic heterocycles. The maximum absolute atomic E-state index is 12.9. The van der Waals surface area contributed by atoms with Crippen molar-refractivity contribution in [3.05, 3.63) is 34.1 Å². The second-order valence-corrected chi connectivity index (χ2v) is 6.04. The summed E-state index contributed by atoms with van der Waals surface area (Å²) in [6.07, 6.45) is 2.65. The van der Waals surface area contributed by atoms with Crippen molar-refractivity contribution < 1.29 is 9.18 Å². The molecule has 0 saturated heterocycles. The average Bonchev–Trinajstić information content (AvgIpc) is 3.04. The fourth-order valence-corrected chi connectivity index (χ4v) is 2.84. The van der Waals surface area contributed by atoms with Gasteiger partial charge in [0.15, 0.2) is 0 Å². The number of halogens is 3. The molecule has 0 aromatic heterocycles. The third-order valence-corrected chi connectivity index (χ3v) is 4.22. The van der Waals surface area contributed by atoms with Crippen LogP contribution in [-0.2, 0) is 11.2 Å². The zero-order valence-electron chi connectivity index (χ0n) is 8.55. The van der Waals surface area contributed by atoms with Crippen LogP contribution in [0.2, 0.25) is 0 Å². The molecule has 1 aliphatic rings. The molecule has 1 atom stereocenters. The monoisotopic (exact) mass is 348 g/mol. The molecule has 1 fully saturated rings. The Hall–Kier alpha value is -0.220. The molecule has 0 bridgehead atoms. The van der Waals surface area contributed by atoms with Crippen LogP contribution in [0.15, 0.2) is 22.7 Å². The molecule has 0 radical (unpaired) electrons. The van der Waals surface area contributed by atoms with Crippen molar-refractivity contribution in [2.75, 3.05) is 0 Å². The van der Waals surface area contributed by atoms with Gasteiger partial charge in [0.25, 0.3) is 0 Å². The molecular formula is C12H11Br2FO.